The molecular weight excluding hydrogens is 563 g/mol. The van der Waals surface area contributed by atoms with Crippen LogP contribution >= 0.6 is 22.6 Å². The Kier molecular flexibility index (Phi) is 6.49. The van der Waals surface area contributed by atoms with Crippen molar-refractivity contribution < 1.29 is 13.5 Å². The number of aromatic nitrogens is 2. The SMILES string of the molecule is Cc1c(-c2ccccn2)nc2cc(F)cc(F)c2c1Nc1cc(N2CCOCC2)c(C#N)cc1I. The second-order valence-corrected chi connectivity index (χ2v) is 9.30. The quantitative estimate of drug-likeness (QED) is 0.300. The Bertz CT molecular complexity index is 1470. The third-order valence-electron chi connectivity index (χ3n) is 5.97. The predicted octanol–water partition coefficient (Wildman–Crippen LogP) is 5.94. The molecule has 1 saturated heterocycles. The lowest BCUT2D eigenvalue weighted by atomic mass is 10.0. The number of nitrogens with one attached hydrogen (secondary N) is 1. The van der Waals surface area contributed by atoms with E-state index in [9.17, 15) is 9.65 Å². The van der Waals surface area contributed by atoms with E-state index in [0.29, 0.717) is 60.2 Å². The molecule has 0 aliphatic carbocycles. The van der Waals surface area contributed by atoms with Gasteiger partial charge in [0.25, 0.3) is 0 Å². The molecular formula is C26H20F2IN5O. The molecule has 1 fully saturated rings. The van der Waals surface area contributed by atoms with Crippen molar-refractivity contribution in [3.8, 4) is 17.5 Å². The summed E-state index contributed by atoms with van der Waals surface area (Å²) in [7, 11) is 0. The van der Waals surface area contributed by atoms with Gasteiger partial charge in [-0.05, 0) is 53.8 Å². The fourth-order valence-corrected chi connectivity index (χ4v) is 4.86. The van der Waals surface area contributed by atoms with Crippen molar-refractivity contribution in [1.82, 2.24) is 9.97 Å². The number of anilines is 3. The number of hydrogen-bond acceptors (Lipinski definition) is 6. The van der Waals surface area contributed by atoms with Crippen molar-refractivity contribution in [2.45, 2.75) is 6.92 Å². The van der Waals surface area contributed by atoms with Crippen molar-refractivity contribution in [1.29, 1.82) is 5.26 Å². The Morgan fingerprint density at radius 2 is 1.94 bits per heavy atom. The summed E-state index contributed by atoms with van der Waals surface area (Å²) in [6, 6.07) is 13.5. The van der Waals surface area contributed by atoms with Crippen molar-refractivity contribution in [2.24, 2.45) is 0 Å². The van der Waals surface area contributed by atoms with Gasteiger partial charge in [-0.1, -0.05) is 6.07 Å². The van der Waals surface area contributed by atoms with Gasteiger partial charge in [0.15, 0.2) is 0 Å². The Labute approximate surface area is 214 Å². The van der Waals surface area contributed by atoms with Crippen LogP contribution in [0.3, 0.4) is 0 Å². The zero-order valence-corrected chi connectivity index (χ0v) is 20.9. The normalized spacial score (nSPS) is 13.6. The molecule has 35 heavy (non-hydrogen) atoms. The minimum absolute atomic E-state index is 0.188. The highest BCUT2D eigenvalue weighted by molar-refractivity contribution is 14.1. The molecule has 0 atom stereocenters. The minimum atomic E-state index is -0.706. The first-order chi connectivity index (χ1) is 17.0. The van der Waals surface area contributed by atoms with E-state index < -0.39 is 11.6 Å². The van der Waals surface area contributed by atoms with Crippen LogP contribution in [0.1, 0.15) is 11.1 Å². The van der Waals surface area contributed by atoms with Gasteiger partial charge < -0.3 is 15.0 Å². The summed E-state index contributed by atoms with van der Waals surface area (Å²) in [6.45, 7) is 4.34. The summed E-state index contributed by atoms with van der Waals surface area (Å²) in [5, 5.41) is 13.3. The molecule has 2 aromatic heterocycles. The second kappa shape index (κ2) is 9.71. The van der Waals surface area contributed by atoms with Crippen LogP contribution in [0.2, 0.25) is 0 Å². The Hall–Kier alpha value is -3.36. The van der Waals surface area contributed by atoms with Crippen LogP contribution in [0.5, 0.6) is 0 Å². The van der Waals surface area contributed by atoms with E-state index in [1.165, 1.54) is 6.07 Å². The molecule has 5 rings (SSSR count). The lowest BCUT2D eigenvalue weighted by Gasteiger charge is -2.30. The molecule has 0 spiro atoms. The van der Waals surface area contributed by atoms with Gasteiger partial charge >= 0.3 is 0 Å². The van der Waals surface area contributed by atoms with Gasteiger partial charge in [-0.15, -0.1) is 0 Å². The first-order valence-electron chi connectivity index (χ1n) is 11.0. The van der Waals surface area contributed by atoms with E-state index in [-0.39, 0.29) is 10.9 Å². The van der Waals surface area contributed by atoms with E-state index in [1.54, 1.807) is 12.3 Å². The minimum Gasteiger partial charge on any atom is -0.378 e. The number of nitrogens with zero attached hydrogens (tertiary/aromatic N) is 4. The number of halogens is 3. The molecule has 1 N–H and O–H groups in total. The van der Waals surface area contributed by atoms with Crippen LogP contribution in [0, 0.1) is 33.5 Å². The van der Waals surface area contributed by atoms with Crippen LogP contribution in [0.15, 0.2) is 48.7 Å². The van der Waals surface area contributed by atoms with Gasteiger partial charge in [0.05, 0.1) is 58.1 Å². The van der Waals surface area contributed by atoms with Gasteiger partial charge in [-0.2, -0.15) is 5.26 Å². The van der Waals surface area contributed by atoms with Crippen LogP contribution in [0.4, 0.5) is 25.8 Å². The third-order valence-corrected chi connectivity index (χ3v) is 6.86. The maximum Gasteiger partial charge on any atom is 0.137 e. The number of ether oxygens (including phenoxy) is 1. The van der Waals surface area contributed by atoms with Gasteiger partial charge in [0.2, 0.25) is 0 Å². The van der Waals surface area contributed by atoms with E-state index in [4.69, 9.17) is 4.74 Å². The Morgan fingerprint density at radius 1 is 1.14 bits per heavy atom. The topological polar surface area (TPSA) is 74.1 Å². The van der Waals surface area contributed by atoms with E-state index in [0.717, 1.165) is 15.3 Å². The van der Waals surface area contributed by atoms with Crippen molar-refractivity contribution in [3.05, 3.63) is 75.0 Å². The molecule has 4 aromatic rings. The highest BCUT2D eigenvalue weighted by atomic mass is 127. The molecule has 0 bridgehead atoms. The summed E-state index contributed by atoms with van der Waals surface area (Å²) in [5.74, 6) is -1.41. The van der Waals surface area contributed by atoms with Crippen LogP contribution < -0.4 is 10.2 Å². The molecule has 176 valence electrons. The Balaban J connectivity index is 1.70. The number of benzene rings is 2. The molecule has 2 aromatic carbocycles. The number of fused-ring (bicyclic) bond motifs is 1. The molecule has 6 nitrogen and oxygen atoms in total. The van der Waals surface area contributed by atoms with Crippen LogP contribution in [0.25, 0.3) is 22.3 Å². The van der Waals surface area contributed by atoms with E-state index >= 15 is 4.39 Å². The second-order valence-electron chi connectivity index (χ2n) is 8.14. The summed E-state index contributed by atoms with van der Waals surface area (Å²) in [5.41, 5.74) is 4.52. The van der Waals surface area contributed by atoms with Gasteiger partial charge in [-0.25, -0.2) is 13.8 Å². The first kappa shape index (κ1) is 23.4. The number of hydrogen-bond donors (Lipinski definition) is 1. The zero-order valence-electron chi connectivity index (χ0n) is 18.8. The number of morpholine rings is 1. The summed E-state index contributed by atoms with van der Waals surface area (Å²) in [4.78, 5) is 11.1. The van der Waals surface area contributed by atoms with Crippen LogP contribution in [-0.4, -0.2) is 36.3 Å². The molecule has 0 amide bonds. The Morgan fingerprint density at radius 3 is 2.66 bits per heavy atom. The third kappa shape index (κ3) is 4.51. The van der Waals surface area contributed by atoms with Gasteiger partial charge in [0.1, 0.15) is 17.7 Å². The smallest absolute Gasteiger partial charge is 0.137 e. The van der Waals surface area contributed by atoms with Crippen molar-refractivity contribution in [3.63, 3.8) is 0 Å². The maximum absolute atomic E-state index is 15.1. The number of pyridine rings is 2. The van der Waals surface area contributed by atoms with Crippen LogP contribution in [-0.2, 0) is 4.74 Å². The average Bonchev–Trinajstić information content (AvgIpc) is 2.87. The maximum atomic E-state index is 15.1. The highest BCUT2D eigenvalue weighted by Crippen LogP contribution is 2.39. The lowest BCUT2D eigenvalue weighted by Crippen LogP contribution is -2.36. The molecule has 3 heterocycles. The molecule has 1 aliphatic rings. The molecule has 9 heteroatoms. The fraction of sp³-hybridized carbons (Fsp3) is 0.192. The van der Waals surface area contributed by atoms with Crippen molar-refractivity contribution >= 4 is 50.6 Å². The lowest BCUT2D eigenvalue weighted by molar-refractivity contribution is 0.122. The zero-order chi connectivity index (χ0) is 24.5. The first-order valence-corrected chi connectivity index (χ1v) is 12.1. The summed E-state index contributed by atoms with van der Waals surface area (Å²) >= 11 is 2.15. The largest absolute Gasteiger partial charge is 0.378 e. The van der Waals surface area contributed by atoms with E-state index in [1.807, 2.05) is 31.2 Å². The van der Waals surface area contributed by atoms with Gasteiger partial charge in [0, 0.05) is 40.6 Å². The average molecular weight is 583 g/mol. The molecule has 0 radical (unpaired) electrons. The molecule has 0 unspecified atom stereocenters. The number of rotatable bonds is 4. The fourth-order valence-electron chi connectivity index (χ4n) is 4.26. The standard InChI is InChI=1S/C26H20F2IN5O/c1-15-25(20-4-2-3-5-31-20)33-22-12-17(27)11-18(28)24(22)26(15)32-21-13-23(16(14-30)10-19(21)29)34-6-8-35-9-7-34/h2-5,10-13H,6-9H2,1H3,(H,32,33). The van der Waals surface area contributed by atoms with Gasteiger partial charge in [-0.3, -0.25) is 4.98 Å². The summed E-state index contributed by atoms with van der Waals surface area (Å²) in [6.07, 6.45) is 1.65. The predicted molar refractivity (Wildman–Crippen MR) is 140 cm³/mol. The van der Waals surface area contributed by atoms with E-state index in [2.05, 4.69) is 48.8 Å². The summed E-state index contributed by atoms with van der Waals surface area (Å²) < 4.78 is 35.5. The monoisotopic (exact) mass is 583 g/mol. The molecule has 1 aliphatic heterocycles. The highest BCUT2D eigenvalue weighted by Gasteiger charge is 2.21. The molecule has 0 saturated carbocycles. The van der Waals surface area contributed by atoms with Crippen molar-refractivity contribution in [2.75, 3.05) is 36.5 Å². The number of nitriles is 1.